The zero-order valence-electron chi connectivity index (χ0n) is 18.9. The van der Waals surface area contributed by atoms with Gasteiger partial charge in [0.2, 0.25) is 11.8 Å². The first-order valence-electron chi connectivity index (χ1n) is 11.2. The minimum Gasteiger partial charge on any atom is -0.354 e. The third-order valence-electron chi connectivity index (χ3n) is 5.48. The molecule has 0 aliphatic rings. The van der Waals surface area contributed by atoms with E-state index in [1.165, 1.54) is 0 Å². The Morgan fingerprint density at radius 2 is 1.50 bits per heavy atom. The van der Waals surface area contributed by atoms with E-state index in [9.17, 15) is 9.59 Å². The van der Waals surface area contributed by atoms with E-state index >= 15 is 0 Å². The summed E-state index contributed by atoms with van der Waals surface area (Å²) in [6, 6.07) is 21.2. The van der Waals surface area contributed by atoms with Crippen molar-refractivity contribution in [1.29, 1.82) is 0 Å². The summed E-state index contributed by atoms with van der Waals surface area (Å²) < 4.78 is 0. The Bertz CT molecular complexity index is 1080. The second kappa shape index (κ2) is 12.8. The van der Waals surface area contributed by atoms with Gasteiger partial charge >= 0.3 is 0 Å². The van der Waals surface area contributed by atoms with Crippen molar-refractivity contribution in [1.82, 2.24) is 10.2 Å². The number of nitrogens with zero attached hydrogens (tertiary/aromatic N) is 1. The summed E-state index contributed by atoms with van der Waals surface area (Å²) in [4.78, 5) is 28.6. The fourth-order valence-corrected chi connectivity index (χ4v) is 4.30. The van der Waals surface area contributed by atoms with Crippen LogP contribution in [0.5, 0.6) is 0 Å². The largest absolute Gasteiger partial charge is 0.354 e. The molecule has 2 amide bonds. The number of carbonyl (C=O) groups excluding carboxylic acids is 2. The van der Waals surface area contributed by atoms with Gasteiger partial charge in [0.25, 0.3) is 0 Å². The van der Waals surface area contributed by atoms with Crippen LogP contribution in [-0.2, 0) is 29.0 Å². The maximum Gasteiger partial charge on any atom is 0.243 e. The first-order chi connectivity index (χ1) is 16.4. The Balaban J connectivity index is 1.99. The molecule has 1 N–H and O–H groups in total. The van der Waals surface area contributed by atoms with E-state index in [1.807, 2.05) is 49.4 Å². The molecule has 7 heteroatoms. The molecule has 0 saturated carbocycles. The van der Waals surface area contributed by atoms with Crippen molar-refractivity contribution in [2.45, 2.75) is 38.8 Å². The predicted molar refractivity (Wildman–Crippen MR) is 139 cm³/mol. The predicted octanol–water partition coefficient (Wildman–Crippen LogP) is 6.36. The Morgan fingerprint density at radius 1 is 0.853 bits per heavy atom. The van der Waals surface area contributed by atoms with E-state index in [-0.39, 0.29) is 24.8 Å². The number of carbonyl (C=O) groups is 2. The Labute approximate surface area is 215 Å². The lowest BCUT2D eigenvalue weighted by molar-refractivity contribution is -0.140. The van der Waals surface area contributed by atoms with Crippen LogP contribution in [-0.4, -0.2) is 29.3 Å². The van der Waals surface area contributed by atoms with Crippen LogP contribution in [0.15, 0.2) is 72.8 Å². The van der Waals surface area contributed by atoms with Gasteiger partial charge in [0.15, 0.2) is 0 Å². The molecule has 0 saturated heterocycles. The molecule has 0 spiro atoms. The number of halogens is 3. The molecule has 1 atom stereocenters. The highest BCUT2D eigenvalue weighted by Gasteiger charge is 2.31. The first kappa shape index (κ1) is 26.1. The molecule has 0 heterocycles. The van der Waals surface area contributed by atoms with E-state index in [0.717, 1.165) is 17.5 Å². The summed E-state index contributed by atoms with van der Waals surface area (Å²) in [5, 5.41) is 4.45. The van der Waals surface area contributed by atoms with Crippen molar-refractivity contribution >= 4 is 46.6 Å². The molecule has 3 aromatic rings. The highest BCUT2D eigenvalue weighted by molar-refractivity contribution is 6.36. The van der Waals surface area contributed by atoms with Crippen LogP contribution in [0.2, 0.25) is 15.1 Å². The Hall–Kier alpha value is -2.53. The van der Waals surface area contributed by atoms with Gasteiger partial charge in [-0.3, -0.25) is 9.59 Å². The second-order valence-corrected chi connectivity index (χ2v) is 9.27. The van der Waals surface area contributed by atoms with Gasteiger partial charge < -0.3 is 10.2 Å². The van der Waals surface area contributed by atoms with E-state index in [4.69, 9.17) is 34.8 Å². The van der Waals surface area contributed by atoms with E-state index in [1.54, 1.807) is 35.2 Å². The lowest BCUT2D eigenvalue weighted by Crippen LogP contribution is -2.51. The average molecular weight is 518 g/mol. The number of hydrogen-bond acceptors (Lipinski definition) is 2. The van der Waals surface area contributed by atoms with Crippen LogP contribution in [0, 0.1) is 0 Å². The number of amides is 2. The van der Waals surface area contributed by atoms with Gasteiger partial charge in [-0.25, -0.2) is 0 Å². The highest BCUT2D eigenvalue weighted by atomic mass is 35.5. The third-order valence-corrected chi connectivity index (χ3v) is 6.44. The van der Waals surface area contributed by atoms with Crippen molar-refractivity contribution in [3.8, 4) is 0 Å². The molecule has 3 rings (SSSR count). The van der Waals surface area contributed by atoms with Gasteiger partial charge in [0.05, 0.1) is 6.42 Å². The molecular formula is C27H27Cl3N2O2. The van der Waals surface area contributed by atoms with Crippen LogP contribution in [0.4, 0.5) is 0 Å². The zero-order chi connectivity index (χ0) is 24.5. The van der Waals surface area contributed by atoms with E-state index in [0.29, 0.717) is 33.6 Å². The van der Waals surface area contributed by atoms with Crippen molar-refractivity contribution in [2.75, 3.05) is 6.54 Å². The summed E-state index contributed by atoms with van der Waals surface area (Å²) in [6.45, 7) is 2.62. The lowest BCUT2D eigenvalue weighted by Gasteiger charge is -2.32. The zero-order valence-corrected chi connectivity index (χ0v) is 21.2. The van der Waals surface area contributed by atoms with Gasteiger partial charge in [0, 0.05) is 40.1 Å². The number of rotatable bonds is 10. The van der Waals surface area contributed by atoms with Crippen LogP contribution in [0.3, 0.4) is 0 Å². The topological polar surface area (TPSA) is 49.4 Å². The van der Waals surface area contributed by atoms with Gasteiger partial charge in [-0.05, 0) is 41.8 Å². The number of nitrogens with one attached hydrogen (secondary N) is 1. The normalized spacial score (nSPS) is 11.6. The molecule has 0 fully saturated rings. The van der Waals surface area contributed by atoms with Gasteiger partial charge in [-0.1, -0.05) is 90.3 Å². The van der Waals surface area contributed by atoms with Crippen LogP contribution >= 0.6 is 34.8 Å². The van der Waals surface area contributed by atoms with Crippen molar-refractivity contribution in [2.24, 2.45) is 0 Å². The molecule has 0 aromatic heterocycles. The van der Waals surface area contributed by atoms with Gasteiger partial charge in [-0.2, -0.15) is 0 Å². The third kappa shape index (κ3) is 7.23. The molecule has 4 nitrogen and oxygen atoms in total. The molecule has 34 heavy (non-hydrogen) atoms. The molecule has 178 valence electrons. The molecule has 0 bridgehead atoms. The SMILES string of the molecule is CCCNC(=O)[C@H](Cc1ccccc1)N(Cc1c(Cl)cccc1Cl)C(=O)Cc1ccc(Cl)cc1. The monoisotopic (exact) mass is 516 g/mol. The second-order valence-electron chi connectivity index (χ2n) is 8.02. The fourth-order valence-electron chi connectivity index (χ4n) is 3.65. The fraction of sp³-hybridized carbons (Fsp3) is 0.259. The maximum absolute atomic E-state index is 13.7. The maximum atomic E-state index is 13.7. The van der Waals surface area contributed by atoms with Gasteiger partial charge in [-0.15, -0.1) is 0 Å². The number of hydrogen-bond donors (Lipinski definition) is 1. The smallest absolute Gasteiger partial charge is 0.243 e. The summed E-state index contributed by atoms with van der Waals surface area (Å²) in [5.41, 5.74) is 2.36. The highest BCUT2D eigenvalue weighted by Crippen LogP contribution is 2.27. The van der Waals surface area contributed by atoms with E-state index < -0.39 is 6.04 Å². The number of benzene rings is 3. The molecule has 0 aliphatic heterocycles. The lowest BCUT2D eigenvalue weighted by atomic mass is 10.0. The van der Waals surface area contributed by atoms with Crippen molar-refractivity contribution in [3.05, 3.63) is 105 Å². The molecule has 0 aliphatic carbocycles. The quantitative estimate of drug-likeness (QED) is 0.340. The summed E-state index contributed by atoms with van der Waals surface area (Å²) >= 11 is 18.9. The minimum absolute atomic E-state index is 0.113. The molecule has 0 radical (unpaired) electrons. The summed E-state index contributed by atoms with van der Waals surface area (Å²) in [5.74, 6) is -0.413. The molecule has 3 aromatic carbocycles. The van der Waals surface area contributed by atoms with Crippen molar-refractivity contribution < 1.29 is 9.59 Å². The minimum atomic E-state index is -0.735. The van der Waals surface area contributed by atoms with Crippen LogP contribution in [0.1, 0.15) is 30.0 Å². The van der Waals surface area contributed by atoms with Crippen LogP contribution < -0.4 is 5.32 Å². The van der Waals surface area contributed by atoms with Crippen molar-refractivity contribution in [3.63, 3.8) is 0 Å². The van der Waals surface area contributed by atoms with Crippen LogP contribution in [0.25, 0.3) is 0 Å². The molecular weight excluding hydrogens is 491 g/mol. The average Bonchev–Trinajstić information content (AvgIpc) is 2.83. The van der Waals surface area contributed by atoms with Gasteiger partial charge in [0.1, 0.15) is 6.04 Å². The Morgan fingerprint density at radius 3 is 2.12 bits per heavy atom. The summed E-state index contributed by atoms with van der Waals surface area (Å²) in [6.07, 6.45) is 1.27. The Kier molecular flexibility index (Phi) is 9.82. The standard InChI is InChI=1S/C27H27Cl3N2O2/c1-2-15-31-27(34)25(16-19-7-4-3-5-8-19)32(18-22-23(29)9-6-10-24(22)30)26(33)17-20-11-13-21(28)14-12-20/h3-14,25H,2,15-18H2,1H3,(H,31,34)/t25-/m0/s1. The summed E-state index contributed by atoms with van der Waals surface area (Å²) in [7, 11) is 0. The van der Waals surface area contributed by atoms with E-state index in [2.05, 4.69) is 5.32 Å². The first-order valence-corrected chi connectivity index (χ1v) is 12.3. The molecule has 0 unspecified atom stereocenters.